The number of nitrogens with zero attached hydrogens (tertiary/aromatic N) is 2. The molecule has 1 aromatic rings. The van der Waals surface area contributed by atoms with Gasteiger partial charge >= 0.3 is 0 Å². The molecule has 0 fully saturated rings. The normalized spacial score (nSPS) is 12.5. The maximum atomic E-state index is 12.1. The Hall–Kier alpha value is -0.850. The Bertz CT molecular complexity index is 412. The fourth-order valence-corrected chi connectivity index (χ4v) is 2.94. The van der Waals surface area contributed by atoms with Crippen LogP contribution in [0.3, 0.4) is 0 Å². The number of furan rings is 1. The van der Waals surface area contributed by atoms with Crippen LogP contribution in [0.5, 0.6) is 0 Å². The molecule has 1 heterocycles. The van der Waals surface area contributed by atoms with Gasteiger partial charge in [0.15, 0.2) is 0 Å². The molecule has 0 amide bonds. The lowest BCUT2D eigenvalue weighted by molar-refractivity contribution is 0.346. The van der Waals surface area contributed by atoms with Crippen molar-refractivity contribution >= 4 is 10.0 Å². The number of hydrogen-bond acceptors (Lipinski definition) is 4. The Balaban J connectivity index is 2.67. The van der Waals surface area contributed by atoms with Gasteiger partial charge in [0.1, 0.15) is 0 Å². The zero-order chi connectivity index (χ0) is 12.9. The van der Waals surface area contributed by atoms with Crippen molar-refractivity contribution in [3.05, 3.63) is 18.4 Å². The van der Waals surface area contributed by atoms with Gasteiger partial charge < -0.3 is 9.32 Å². The van der Waals surface area contributed by atoms with E-state index in [9.17, 15) is 8.42 Å². The number of sulfonamides is 1. The molecule has 0 unspecified atom stereocenters. The van der Waals surface area contributed by atoms with Gasteiger partial charge in [-0.05, 0) is 39.2 Å². The van der Waals surface area contributed by atoms with Gasteiger partial charge in [0.2, 0.25) is 5.09 Å². The number of rotatable bonds is 7. The Morgan fingerprint density at radius 1 is 1.29 bits per heavy atom. The van der Waals surface area contributed by atoms with Crippen LogP contribution >= 0.6 is 0 Å². The largest absolute Gasteiger partial charge is 0.452 e. The van der Waals surface area contributed by atoms with Gasteiger partial charge in [-0.3, -0.25) is 0 Å². The minimum Gasteiger partial charge on any atom is -0.452 e. The van der Waals surface area contributed by atoms with Crippen molar-refractivity contribution in [2.24, 2.45) is 0 Å². The summed E-state index contributed by atoms with van der Waals surface area (Å²) >= 11 is 0. The first-order valence-corrected chi connectivity index (χ1v) is 7.11. The van der Waals surface area contributed by atoms with Crippen LogP contribution in [-0.2, 0) is 10.0 Å². The second-order valence-corrected chi connectivity index (χ2v) is 5.95. The highest BCUT2D eigenvalue weighted by molar-refractivity contribution is 7.89. The fourth-order valence-electron chi connectivity index (χ4n) is 1.55. The van der Waals surface area contributed by atoms with Gasteiger partial charge in [-0.1, -0.05) is 6.92 Å². The summed E-state index contributed by atoms with van der Waals surface area (Å²) in [6, 6.07) is 3.06. The lowest BCUT2D eigenvalue weighted by atomic mass is 10.4. The highest BCUT2D eigenvalue weighted by Gasteiger charge is 2.24. The van der Waals surface area contributed by atoms with Crippen LogP contribution in [0.25, 0.3) is 0 Å². The van der Waals surface area contributed by atoms with Crippen molar-refractivity contribution in [2.75, 3.05) is 33.7 Å². The Labute approximate surface area is 103 Å². The molecular formula is C11H20N2O3S. The molecule has 0 aliphatic heterocycles. The van der Waals surface area contributed by atoms with Crippen LogP contribution in [0.1, 0.15) is 13.3 Å². The molecule has 0 saturated carbocycles. The molecule has 0 N–H and O–H groups in total. The summed E-state index contributed by atoms with van der Waals surface area (Å²) in [5, 5.41) is 0.0178. The molecule has 17 heavy (non-hydrogen) atoms. The van der Waals surface area contributed by atoms with Gasteiger partial charge in [0.25, 0.3) is 10.0 Å². The SMILES string of the molecule is CCN(CCCN(C)C)S(=O)(=O)c1ccco1. The average Bonchev–Trinajstić information content (AvgIpc) is 2.77. The number of hydrogen-bond donors (Lipinski definition) is 0. The third-order valence-electron chi connectivity index (χ3n) is 2.45. The second kappa shape index (κ2) is 6.18. The smallest absolute Gasteiger partial charge is 0.276 e. The van der Waals surface area contributed by atoms with Crippen LogP contribution in [0, 0.1) is 0 Å². The summed E-state index contributed by atoms with van der Waals surface area (Å²) in [6.45, 7) is 3.66. The minimum atomic E-state index is -3.46. The Kier molecular flexibility index (Phi) is 5.17. The highest BCUT2D eigenvalue weighted by atomic mass is 32.2. The third kappa shape index (κ3) is 3.83. The van der Waals surface area contributed by atoms with Crippen molar-refractivity contribution in [3.63, 3.8) is 0 Å². The van der Waals surface area contributed by atoms with Gasteiger partial charge in [-0.2, -0.15) is 4.31 Å². The third-order valence-corrected chi connectivity index (χ3v) is 4.32. The van der Waals surface area contributed by atoms with Crippen LogP contribution in [0.15, 0.2) is 27.9 Å². The molecule has 0 bridgehead atoms. The zero-order valence-corrected chi connectivity index (χ0v) is 11.4. The lowest BCUT2D eigenvalue weighted by Crippen LogP contribution is -2.33. The maximum absolute atomic E-state index is 12.1. The molecule has 6 heteroatoms. The van der Waals surface area contributed by atoms with E-state index < -0.39 is 10.0 Å². The van der Waals surface area contributed by atoms with E-state index in [-0.39, 0.29) is 5.09 Å². The summed E-state index contributed by atoms with van der Waals surface area (Å²) in [4.78, 5) is 2.04. The quantitative estimate of drug-likeness (QED) is 0.740. The van der Waals surface area contributed by atoms with E-state index in [1.165, 1.54) is 16.6 Å². The van der Waals surface area contributed by atoms with E-state index in [4.69, 9.17) is 4.42 Å². The van der Waals surface area contributed by atoms with Crippen LogP contribution in [0.4, 0.5) is 0 Å². The average molecular weight is 260 g/mol. The van der Waals surface area contributed by atoms with Crippen molar-refractivity contribution in [2.45, 2.75) is 18.4 Å². The predicted molar refractivity (Wildman–Crippen MR) is 66.3 cm³/mol. The summed E-state index contributed by atoms with van der Waals surface area (Å²) in [6.07, 6.45) is 2.18. The van der Waals surface area contributed by atoms with Crippen LogP contribution in [-0.4, -0.2) is 51.4 Å². The summed E-state index contributed by atoms with van der Waals surface area (Å²) in [5.74, 6) is 0. The molecular weight excluding hydrogens is 240 g/mol. The van der Waals surface area contributed by atoms with Crippen molar-refractivity contribution in [1.82, 2.24) is 9.21 Å². The first-order valence-electron chi connectivity index (χ1n) is 5.67. The summed E-state index contributed by atoms with van der Waals surface area (Å²) in [7, 11) is 0.482. The van der Waals surface area contributed by atoms with E-state index in [0.29, 0.717) is 13.1 Å². The molecule has 0 aromatic carbocycles. The second-order valence-electron chi connectivity index (χ2n) is 4.09. The molecule has 1 rings (SSSR count). The van der Waals surface area contributed by atoms with E-state index in [0.717, 1.165) is 13.0 Å². The van der Waals surface area contributed by atoms with Gasteiger partial charge in [0.05, 0.1) is 6.26 Å². The molecule has 0 aliphatic carbocycles. The highest BCUT2D eigenvalue weighted by Crippen LogP contribution is 2.15. The molecule has 0 atom stereocenters. The topological polar surface area (TPSA) is 53.8 Å². The first-order chi connectivity index (χ1) is 7.98. The van der Waals surface area contributed by atoms with Crippen molar-refractivity contribution < 1.29 is 12.8 Å². The molecule has 5 nitrogen and oxygen atoms in total. The summed E-state index contributed by atoms with van der Waals surface area (Å²) < 4.78 is 30.6. The van der Waals surface area contributed by atoms with Crippen LogP contribution < -0.4 is 0 Å². The molecule has 0 spiro atoms. The van der Waals surface area contributed by atoms with Gasteiger partial charge in [-0.25, -0.2) is 8.42 Å². The Morgan fingerprint density at radius 2 is 2.00 bits per heavy atom. The molecule has 98 valence electrons. The van der Waals surface area contributed by atoms with E-state index in [1.807, 2.05) is 25.9 Å². The van der Waals surface area contributed by atoms with Crippen LogP contribution in [0.2, 0.25) is 0 Å². The lowest BCUT2D eigenvalue weighted by Gasteiger charge is -2.19. The predicted octanol–water partition coefficient (Wildman–Crippen LogP) is 1.24. The Morgan fingerprint density at radius 3 is 2.47 bits per heavy atom. The molecule has 0 saturated heterocycles. The minimum absolute atomic E-state index is 0.0178. The van der Waals surface area contributed by atoms with Gasteiger partial charge in [-0.15, -0.1) is 0 Å². The molecule has 0 aliphatic rings. The first kappa shape index (κ1) is 14.2. The van der Waals surface area contributed by atoms with E-state index in [2.05, 4.69) is 0 Å². The fraction of sp³-hybridized carbons (Fsp3) is 0.636. The van der Waals surface area contributed by atoms with Crippen molar-refractivity contribution in [1.29, 1.82) is 0 Å². The maximum Gasteiger partial charge on any atom is 0.276 e. The molecule has 0 radical (unpaired) electrons. The van der Waals surface area contributed by atoms with E-state index >= 15 is 0 Å². The molecule has 1 aromatic heterocycles. The van der Waals surface area contributed by atoms with Gasteiger partial charge in [0, 0.05) is 13.1 Å². The van der Waals surface area contributed by atoms with Crippen molar-refractivity contribution in [3.8, 4) is 0 Å². The monoisotopic (exact) mass is 260 g/mol. The zero-order valence-electron chi connectivity index (χ0n) is 10.6. The summed E-state index contributed by atoms with van der Waals surface area (Å²) in [5.41, 5.74) is 0. The standard InChI is InChI=1S/C11H20N2O3S/c1-4-13(9-6-8-12(2)3)17(14,15)11-7-5-10-16-11/h5,7,10H,4,6,8-9H2,1-3H3. The van der Waals surface area contributed by atoms with E-state index in [1.54, 1.807) is 6.07 Å².